The van der Waals surface area contributed by atoms with Gasteiger partial charge in [-0.05, 0) is 98.7 Å². The molecule has 1 aromatic carbocycles. The zero-order valence-electron chi connectivity index (χ0n) is 44.2. The van der Waals surface area contributed by atoms with Crippen molar-refractivity contribution in [3.05, 3.63) is 35.4 Å². The van der Waals surface area contributed by atoms with Gasteiger partial charge in [0, 0.05) is 24.7 Å². The number of aliphatic hydroxyl groups excluding tert-OH is 7. The van der Waals surface area contributed by atoms with E-state index in [9.17, 15) is 55.2 Å². The number of esters is 2. The third-order valence-corrected chi connectivity index (χ3v) is 18.2. The Morgan fingerprint density at radius 1 is 0.773 bits per heavy atom. The second-order valence-corrected chi connectivity index (χ2v) is 22.9. The molecular formula is C54H80O21. The van der Waals surface area contributed by atoms with Crippen LogP contribution in [0.2, 0.25) is 0 Å². The number of carbonyl (C=O) groups is 3. The van der Waals surface area contributed by atoms with Crippen LogP contribution in [0.25, 0.3) is 0 Å². The Labute approximate surface area is 437 Å². The molecule has 22 atom stereocenters. The summed E-state index contributed by atoms with van der Waals surface area (Å²) in [6.45, 7) is 9.82. The van der Waals surface area contributed by atoms with Crippen LogP contribution in [0.3, 0.4) is 0 Å². The van der Waals surface area contributed by atoms with Gasteiger partial charge in [0.05, 0.1) is 51.8 Å². The van der Waals surface area contributed by atoms with Crippen LogP contribution >= 0.6 is 0 Å². The first kappa shape index (κ1) is 57.8. The van der Waals surface area contributed by atoms with Gasteiger partial charge in [0.15, 0.2) is 42.6 Å². The molecule has 7 aliphatic rings. The Kier molecular flexibility index (Phi) is 17.8. The number of carbonyl (C=O) groups excluding carboxylic acids is 3. The van der Waals surface area contributed by atoms with E-state index in [4.69, 9.17) is 47.4 Å². The average molecular weight is 1070 g/mol. The van der Waals surface area contributed by atoms with Crippen molar-refractivity contribution < 1.29 is 103 Å². The van der Waals surface area contributed by atoms with E-state index in [1.54, 1.807) is 6.92 Å². The van der Waals surface area contributed by atoms with Crippen molar-refractivity contribution in [3.8, 4) is 11.5 Å². The van der Waals surface area contributed by atoms with Crippen molar-refractivity contribution in [2.75, 3.05) is 34.0 Å². The van der Waals surface area contributed by atoms with Crippen molar-refractivity contribution >= 4 is 17.7 Å². The SMILES string of the molecule is COc1ccc(C(=O)O[C@@H]2[C@@H](O[C@H]3[C@H](OC(C)=O)[C@@H](O[C@@H]4C[C@@H]5[C@H]6CC=C7C[C@H](O[C@H]8O[C@@H](CO)[C@H](O)[C@H](O)[C@H]8O)CC[C@]7(C)[C@H]6CC[C@@]5(C)[C@@]4(O)[C@H](C)C(=O)CCC(C)C)OC[C@@H]3O)OC[C@H](O)[C@H]2O)cc1OC. The number of ether oxygens (including phenoxy) is 10. The average Bonchev–Trinajstić information content (AvgIpc) is 3.71. The molecule has 8 N–H and O–H groups in total. The second-order valence-electron chi connectivity index (χ2n) is 22.9. The second kappa shape index (κ2) is 23.1. The third-order valence-electron chi connectivity index (χ3n) is 18.2. The number of aliphatic hydroxyl groups is 8. The van der Waals surface area contributed by atoms with E-state index in [1.807, 2.05) is 20.8 Å². The molecule has 1 aromatic rings. The summed E-state index contributed by atoms with van der Waals surface area (Å²) in [4.78, 5) is 40.9. The summed E-state index contributed by atoms with van der Waals surface area (Å²) >= 11 is 0. The maximum Gasteiger partial charge on any atom is 0.338 e. The zero-order chi connectivity index (χ0) is 54.5. The highest BCUT2D eigenvalue weighted by atomic mass is 16.8. The zero-order valence-corrected chi connectivity index (χ0v) is 44.2. The van der Waals surface area contributed by atoms with Crippen LogP contribution in [0.4, 0.5) is 0 Å². The summed E-state index contributed by atoms with van der Waals surface area (Å²) in [5.41, 5.74) is -1.72. The monoisotopic (exact) mass is 1060 g/mol. The molecule has 0 amide bonds. The van der Waals surface area contributed by atoms with Gasteiger partial charge < -0.3 is 88.2 Å². The Balaban J connectivity index is 1.05. The first-order valence-electron chi connectivity index (χ1n) is 26.6. The highest BCUT2D eigenvalue weighted by Crippen LogP contribution is 2.69. The van der Waals surface area contributed by atoms with E-state index >= 15 is 0 Å². The highest BCUT2D eigenvalue weighted by molar-refractivity contribution is 5.90. The lowest BCUT2D eigenvalue weighted by molar-refractivity contribution is -0.345. The topological polar surface area (TPSA) is 305 Å². The predicted octanol–water partition coefficient (Wildman–Crippen LogP) is 1.86. The fraction of sp³-hybridized carbons (Fsp3) is 0.796. The van der Waals surface area contributed by atoms with Gasteiger partial charge in [-0.15, -0.1) is 0 Å². The molecule has 3 aliphatic heterocycles. The van der Waals surface area contributed by atoms with E-state index in [2.05, 4.69) is 13.0 Å². The number of methoxy groups -OCH3 is 2. The van der Waals surface area contributed by atoms with E-state index in [-0.39, 0.29) is 58.7 Å². The molecule has 3 saturated carbocycles. The largest absolute Gasteiger partial charge is 0.493 e. The van der Waals surface area contributed by atoms with Crippen molar-refractivity contribution in [2.45, 2.75) is 197 Å². The lowest BCUT2D eigenvalue weighted by Crippen LogP contribution is -2.64. The number of rotatable bonds is 17. The molecule has 0 spiro atoms. The summed E-state index contributed by atoms with van der Waals surface area (Å²) in [6, 6.07) is 4.26. The van der Waals surface area contributed by atoms with Crippen molar-refractivity contribution in [3.63, 3.8) is 0 Å². The Morgan fingerprint density at radius 2 is 1.47 bits per heavy atom. The molecule has 21 heteroatoms. The van der Waals surface area contributed by atoms with Gasteiger partial charge >= 0.3 is 11.9 Å². The lowest BCUT2D eigenvalue weighted by Gasteiger charge is -2.59. The van der Waals surface area contributed by atoms with Crippen LogP contribution < -0.4 is 9.47 Å². The number of allylic oxidation sites excluding steroid dienone is 1. The van der Waals surface area contributed by atoms with Gasteiger partial charge in [-0.25, -0.2) is 4.79 Å². The van der Waals surface area contributed by atoms with Crippen LogP contribution in [0.5, 0.6) is 11.5 Å². The number of Topliss-reactive ketones (excluding diaryl/α,β-unsaturated/α-hetero) is 1. The normalized spacial score (nSPS) is 43.1. The van der Waals surface area contributed by atoms with E-state index in [1.165, 1.54) is 38.0 Å². The van der Waals surface area contributed by atoms with Gasteiger partial charge in [0.1, 0.15) is 60.2 Å². The van der Waals surface area contributed by atoms with Crippen LogP contribution in [0.1, 0.15) is 110 Å². The van der Waals surface area contributed by atoms with Crippen LogP contribution in [-0.2, 0) is 47.5 Å². The highest BCUT2D eigenvalue weighted by Gasteiger charge is 2.71. The number of hydrogen-bond acceptors (Lipinski definition) is 21. The van der Waals surface area contributed by atoms with E-state index in [0.717, 1.165) is 19.8 Å². The van der Waals surface area contributed by atoms with Crippen molar-refractivity contribution in [2.24, 2.45) is 40.4 Å². The Morgan fingerprint density at radius 3 is 2.13 bits per heavy atom. The molecule has 0 radical (unpaired) electrons. The molecule has 422 valence electrons. The predicted molar refractivity (Wildman–Crippen MR) is 260 cm³/mol. The first-order valence-corrected chi connectivity index (χ1v) is 26.6. The van der Waals surface area contributed by atoms with Gasteiger partial charge in [0.25, 0.3) is 0 Å². The molecule has 0 unspecified atom stereocenters. The molecule has 3 saturated heterocycles. The number of ketones is 1. The molecule has 75 heavy (non-hydrogen) atoms. The van der Waals surface area contributed by atoms with Crippen LogP contribution in [-0.4, -0.2) is 190 Å². The molecular weight excluding hydrogens is 985 g/mol. The third kappa shape index (κ3) is 10.9. The quantitative estimate of drug-likeness (QED) is 0.0816. The first-order chi connectivity index (χ1) is 35.5. The van der Waals surface area contributed by atoms with Crippen molar-refractivity contribution in [1.29, 1.82) is 0 Å². The van der Waals surface area contributed by atoms with Crippen molar-refractivity contribution in [1.82, 2.24) is 0 Å². The molecule has 21 nitrogen and oxygen atoms in total. The molecule has 3 heterocycles. The van der Waals surface area contributed by atoms with Gasteiger partial charge in [-0.2, -0.15) is 0 Å². The smallest absolute Gasteiger partial charge is 0.338 e. The van der Waals surface area contributed by atoms with Gasteiger partial charge in [0.2, 0.25) is 0 Å². The molecule has 8 rings (SSSR count). The maximum absolute atomic E-state index is 14.4. The number of fused-ring (bicyclic) bond motifs is 5. The number of benzene rings is 1. The van der Waals surface area contributed by atoms with Gasteiger partial charge in [-0.1, -0.05) is 46.3 Å². The van der Waals surface area contributed by atoms with Gasteiger partial charge in [-0.3, -0.25) is 9.59 Å². The van der Waals surface area contributed by atoms with Crippen LogP contribution in [0, 0.1) is 40.4 Å². The fourth-order valence-electron chi connectivity index (χ4n) is 13.8. The van der Waals surface area contributed by atoms with E-state index < -0.39 is 135 Å². The van der Waals surface area contributed by atoms with Crippen LogP contribution in [0.15, 0.2) is 29.8 Å². The Hall–Kier alpha value is -3.39. The minimum Gasteiger partial charge on any atom is -0.493 e. The molecule has 6 fully saturated rings. The fourth-order valence-corrected chi connectivity index (χ4v) is 13.8. The molecule has 0 bridgehead atoms. The summed E-state index contributed by atoms with van der Waals surface area (Å²) in [7, 11) is 2.82. The molecule has 0 aromatic heterocycles. The number of hydrogen-bond donors (Lipinski definition) is 8. The summed E-state index contributed by atoms with van der Waals surface area (Å²) in [5, 5.41) is 88.4. The summed E-state index contributed by atoms with van der Waals surface area (Å²) in [6.07, 6.45) is -13.8. The minimum atomic E-state index is -1.77. The Bertz CT molecular complexity index is 2210. The summed E-state index contributed by atoms with van der Waals surface area (Å²) in [5.74, 6) is -1.98. The summed E-state index contributed by atoms with van der Waals surface area (Å²) < 4.78 is 59.4. The lowest BCUT2D eigenvalue weighted by atomic mass is 9.46. The van der Waals surface area contributed by atoms with E-state index in [0.29, 0.717) is 44.3 Å². The standard InChI is InChI=1S/C54H80O21/c1-25(2)9-13-34(57)26(3)54(65)40(21-33-31-12-11-29-20-30(15-17-52(29,5)32(31)16-18-53(33,54)6)71-49-44(63)43(62)42(61)39(22-55)72-49)73-51-47(70-27(4)56)45(36(59)24-69-51)75-50-46(41(60)35(58)23-68-50)74-48(64)28-10-14-37(66-7)38(19-28)67-8/h10-11,14,19,25-26,30-33,35-36,39-47,49-51,55,58-63,65H,9,12-13,15-18,20-24H2,1-8H3/t26-,30-,31+,32+,33-,35+,36+,39+,40-,41-,42+,43+,44-,45-,46+,47+,49+,50-,51-,52+,53-,54-/m1/s1. The minimum absolute atomic E-state index is 0.00322. The maximum atomic E-state index is 14.4. The molecule has 4 aliphatic carbocycles.